The van der Waals surface area contributed by atoms with E-state index in [1.165, 1.54) is 22.1 Å². The molecule has 0 aliphatic rings. The van der Waals surface area contributed by atoms with Crippen LogP contribution in [0.5, 0.6) is 0 Å². The molecule has 0 aromatic carbocycles. The van der Waals surface area contributed by atoms with Crippen LogP contribution in [0.15, 0.2) is 41.3 Å². The number of hydrogen-bond donors (Lipinski definition) is 2. The van der Waals surface area contributed by atoms with E-state index in [0.717, 1.165) is 14.8 Å². The van der Waals surface area contributed by atoms with Crippen LogP contribution in [-0.4, -0.2) is 20.7 Å². The Morgan fingerprint density at radius 3 is 2.65 bits per heavy atom. The largest absolute Gasteiger partial charge is 0.365 e. The molecule has 0 fully saturated rings. The van der Waals surface area contributed by atoms with Gasteiger partial charge in [0.25, 0.3) is 5.91 Å². The van der Waals surface area contributed by atoms with Crippen LogP contribution in [0.4, 0.5) is 5.82 Å². The summed E-state index contributed by atoms with van der Waals surface area (Å²) in [6.07, 6.45) is 1.58. The number of carbonyl (C=O) groups excluding carboxylic acids is 1. The fourth-order valence-corrected chi connectivity index (χ4v) is 3.34. The number of nitrogens with one attached hydrogen (secondary N) is 2. The average Bonchev–Trinajstić information content (AvgIpc) is 3.18. The predicted molar refractivity (Wildman–Crippen MR) is 105 cm³/mol. The van der Waals surface area contributed by atoms with Crippen molar-refractivity contribution < 1.29 is 4.79 Å². The molecule has 0 aliphatic carbocycles. The number of hydrogen-bond acceptors (Lipinski definition) is 5. The van der Waals surface area contributed by atoms with E-state index in [4.69, 9.17) is 11.6 Å². The average molecular weight is 391 g/mol. The molecule has 0 bridgehead atoms. The second-order valence-electron chi connectivity index (χ2n) is 6.88. The quantitative estimate of drug-likeness (QED) is 0.697. The van der Waals surface area contributed by atoms with Crippen LogP contribution in [0, 0.1) is 5.41 Å². The summed E-state index contributed by atoms with van der Waals surface area (Å²) >= 11 is 7.45. The summed E-state index contributed by atoms with van der Waals surface area (Å²) in [7, 11) is 0. The van der Waals surface area contributed by atoms with Gasteiger partial charge in [0, 0.05) is 34.2 Å². The number of nitrogens with zero attached hydrogens (tertiary/aromatic N) is 2. The second-order valence-corrected chi connectivity index (χ2v) is 8.68. The molecule has 0 radical (unpaired) electrons. The normalized spacial score (nSPS) is 11.5. The van der Waals surface area contributed by atoms with Crippen LogP contribution in [0.1, 0.15) is 30.4 Å². The fourth-order valence-electron chi connectivity index (χ4n) is 2.31. The molecule has 0 unspecified atom stereocenters. The molecule has 3 rings (SSSR count). The summed E-state index contributed by atoms with van der Waals surface area (Å²) in [6, 6.07) is 8.69. The Kier molecular flexibility index (Phi) is 5.02. The van der Waals surface area contributed by atoms with Crippen molar-refractivity contribution in [3.63, 3.8) is 0 Å². The van der Waals surface area contributed by atoms with Gasteiger partial charge in [-0.2, -0.15) is 9.78 Å². The van der Waals surface area contributed by atoms with Crippen LogP contribution < -0.4 is 10.9 Å². The number of aromatic nitrogens is 3. The summed E-state index contributed by atoms with van der Waals surface area (Å²) in [5.41, 5.74) is 0.557. The maximum Gasteiger partial charge on any atom is 0.254 e. The van der Waals surface area contributed by atoms with Crippen molar-refractivity contribution in [3.8, 4) is 11.3 Å². The minimum absolute atomic E-state index is 0.125. The Bertz CT molecular complexity index is 977. The van der Waals surface area contributed by atoms with E-state index in [1.807, 2.05) is 32.9 Å². The Balaban J connectivity index is 1.95. The van der Waals surface area contributed by atoms with E-state index in [0.29, 0.717) is 18.1 Å². The molecule has 0 saturated heterocycles. The molecule has 0 aliphatic heterocycles. The molecule has 26 heavy (non-hydrogen) atoms. The number of pyridine rings is 1. The third kappa shape index (κ3) is 4.05. The van der Waals surface area contributed by atoms with Gasteiger partial charge in [0.05, 0.1) is 16.6 Å². The molecule has 0 saturated carbocycles. The van der Waals surface area contributed by atoms with Crippen LogP contribution in [0.3, 0.4) is 0 Å². The number of anilines is 1. The topological polar surface area (TPSA) is 79.8 Å². The Hall–Kier alpha value is -2.38. The van der Waals surface area contributed by atoms with Crippen LogP contribution in [0.25, 0.3) is 11.3 Å². The highest BCUT2D eigenvalue weighted by Gasteiger charge is 2.27. The van der Waals surface area contributed by atoms with Crippen molar-refractivity contribution in [2.45, 2.75) is 27.3 Å². The number of carbonyl (C=O) groups is 1. The van der Waals surface area contributed by atoms with E-state index in [2.05, 4.69) is 15.4 Å². The van der Waals surface area contributed by atoms with E-state index >= 15 is 0 Å². The van der Waals surface area contributed by atoms with Gasteiger partial charge in [0.1, 0.15) is 5.82 Å². The summed E-state index contributed by atoms with van der Waals surface area (Å²) in [6.45, 7) is 6.07. The zero-order valence-electron chi connectivity index (χ0n) is 14.7. The molecular formula is C18H19ClN4O2S. The van der Waals surface area contributed by atoms with Gasteiger partial charge in [-0.05, 0) is 18.2 Å². The zero-order valence-corrected chi connectivity index (χ0v) is 16.2. The maximum absolute atomic E-state index is 12.8. The molecule has 8 heteroatoms. The van der Waals surface area contributed by atoms with Crippen LogP contribution in [-0.2, 0) is 6.54 Å². The molecule has 6 nitrogen and oxygen atoms in total. The summed E-state index contributed by atoms with van der Waals surface area (Å²) in [5, 5.41) is 7.71. The predicted octanol–water partition coefficient (Wildman–Crippen LogP) is 4.25. The second kappa shape index (κ2) is 7.09. The van der Waals surface area contributed by atoms with Gasteiger partial charge in [-0.3, -0.25) is 9.59 Å². The molecule has 0 spiro atoms. The smallest absolute Gasteiger partial charge is 0.254 e. The molecule has 0 amide bonds. The van der Waals surface area contributed by atoms with Gasteiger partial charge in [-0.15, -0.1) is 11.3 Å². The fraction of sp³-hybridized carbons (Fsp3) is 0.278. The van der Waals surface area contributed by atoms with Gasteiger partial charge in [-0.25, -0.2) is 0 Å². The highest BCUT2D eigenvalue weighted by atomic mass is 35.5. The van der Waals surface area contributed by atoms with Gasteiger partial charge in [0.15, 0.2) is 0 Å². The van der Waals surface area contributed by atoms with E-state index in [-0.39, 0.29) is 11.5 Å². The lowest BCUT2D eigenvalue weighted by molar-refractivity contribution is 0.0752. The van der Waals surface area contributed by atoms with Gasteiger partial charge in [0.2, 0.25) is 5.56 Å². The first-order valence-electron chi connectivity index (χ1n) is 8.06. The van der Waals surface area contributed by atoms with Crippen molar-refractivity contribution in [1.82, 2.24) is 14.8 Å². The lowest BCUT2D eigenvalue weighted by atomic mass is 9.96. The number of halogens is 1. The third-order valence-electron chi connectivity index (χ3n) is 3.70. The molecule has 3 aromatic rings. The van der Waals surface area contributed by atoms with Crippen molar-refractivity contribution in [2.24, 2.45) is 5.41 Å². The standard InChI is InChI=1S/C18H19ClN4O2S/c1-18(2,3)17(25)23-15(20-10-12-5-6-14(19)26-12)8-13(22-23)11-4-7-16(24)21-9-11/h4-9,20H,10H2,1-3H3,(H,21,24). The lowest BCUT2D eigenvalue weighted by Crippen LogP contribution is -2.28. The third-order valence-corrected chi connectivity index (χ3v) is 4.93. The van der Waals surface area contributed by atoms with Gasteiger partial charge in [-0.1, -0.05) is 32.4 Å². The highest BCUT2D eigenvalue weighted by Crippen LogP contribution is 2.27. The summed E-state index contributed by atoms with van der Waals surface area (Å²) in [5.74, 6) is 0.468. The molecule has 3 aromatic heterocycles. The van der Waals surface area contributed by atoms with E-state index in [1.54, 1.807) is 18.3 Å². The Morgan fingerprint density at radius 2 is 2.08 bits per heavy atom. The molecule has 3 heterocycles. The number of H-pyrrole nitrogens is 1. The Labute approximate surface area is 159 Å². The minimum Gasteiger partial charge on any atom is -0.365 e. The van der Waals surface area contributed by atoms with Crippen LogP contribution >= 0.6 is 22.9 Å². The lowest BCUT2D eigenvalue weighted by Gasteiger charge is -2.18. The van der Waals surface area contributed by atoms with Crippen LogP contribution in [0.2, 0.25) is 4.34 Å². The number of rotatable bonds is 4. The molecular weight excluding hydrogens is 372 g/mol. The summed E-state index contributed by atoms with van der Waals surface area (Å²) in [4.78, 5) is 27.7. The monoisotopic (exact) mass is 390 g/mol. The SMILES string of the molecule is CC(C)(C)C(=O)n1nc(-c2ccc(=O)[nH]c2)cc1NCc1ccc(Cl)s1. The minimum atomic E-state index is -0.586. The summed E-state index contributed by atoms with van der Waals surface area (Å²) < 4.78 is 2.10. The number of thiophene rings is 1. The molecule has 136 valence electrons. The van der Waals surface area contributed by atoms with E-state index < -0.39 is 5.41 Å². The molecule has 2 N–H and O–H groups in total. The van der Waals surface area contributed by atoms with Crippen molar-refractivity contribution in [3.05, 3.63) is 56.1 Å². The first-order chi connectivity index (χ1) is 12.2. The first-order valence-corrected chi connectivity index (χ1v) is 9.25. The van der Waals surface area contributed by atoms with Crippen molar-refractivity contribution in [1.29, 1.82) is 0 Å². The highest BCUT2D eigenvalue weighted by molar-refractivity contribution is 7.16. The number of aromatic amines is 1. The maximum atomic E-state index is 12.8. The van der Waals surface area contributed by atoms with Crippen molar-refractivity contribution in [2.75, 3.05) is 5.32 Å². The van der Waals surface area contributed by atoms with E-state index in [9.17, 15) is 9.59 Å². The zero-order chi connectivity index (χ0) is 18.9. The molecule has 0 atom stereocenters. The van der Waals surface area contributed by atoms with Gasteiger partial charge < -0.3 is 10.3 Å². The van der Waals surface area contributed by atoms with Gasteiger partial charge >= 0.3 is 0 Å². The van der Waals surface area contributed by atoms with Crippen molar-refractivity contribution >= 4 is 34.7 Å². The first kappa shape index (κ1) is 18.4. The Morgan fingerprint density at radius 1 is 1.31 bits per heavy atom.